The quantitative estimate of drug-likeness (QED) is 0.867. The monoisotopic (exact) mass is 293 g/mol. The van der Waals surface area contributed by atoms with Gasteiger partial charge in [0, 0.05) is 19.6 Å². The van der Waals surface area contributed by atoms with Crippen LogP contribution in [0.5, 0.6) is 0 Å². The Balaban J connectivity index is 1.86. The molecular weight excluding hydrogens is 266 g/mol. The van der Waals surface area contributed by atoms with E-state index in [2.05, 4.69) is 11.8 Å². The lowest BCUT2D eigenvalue weighted by molar-refractivity contribution is -0.133. The summed E-state index contributed by atoms with van der Waals surface area (Å²) in [7, 11) is 1.82. The average Bonchev–Trinajstić information content (AvgIpc) is 3.00. The molecule has 1 saturated heterocycles. The molecule has 0 spiro atoms. The van der Waals surface area contributed by atoms with Gasteiger partial charge in [-0.15, -0.1) is 0 Å². The number of hydrogen-bond donors (Lipinski definition) is 1. The van der Waals surface area contributed by atoms with Crippen LogP contribution in [0.3, 0.4) is 0 Å². The van der Waals surface area contributed by atoms with Crippen molar-refractivity contribution >= 4 is 5.91 Å². The molecule has 0 radical (unpaired) electrons. The Morgan fingerprint density at radius 3 is 3.00 bits per heavy atom. The van der Waals surface area contributed by atoms with E-state index in [0.29, 0.717) is 25.7 Å². The lowest BCUT2D eigenvalue weighted by atomic mass is 9.89. The van der Waals surface area contributed by atoms with Crippen molar-refractivity contribution in [2.24, 2.45) is 11.7 Å². The zero-order valence-electron chi connectivity index (χ0n) is 13.1. The number of rotatable bonds is 6. The Morgan fingerprint density at radius 1 is 1.57 bits per heavy atom. The van der Waals surface area contributed by atoms with Crippen LogP contribution in [0.4, 0.5) is 0 Å². The Morgan fingerprint density at radius 2 is 2.38 bits per heavy atom. The fourth-order valence-electron chi connectivity index (χ4n) is 3.03. The summed E-state index contributed by atoms with van der Waals surface area (Å²) in [5.74, 6) is 1.69. The number of hydrogen-bond acceptors (Lipinski definition) is 4. The highest BCUT2D eigenvalue weighted by molar-refractivity contribution is 5.78. The van der Waals surface area contributed by atoms with E-state index in [4.69, 9.17) is 10.2 Å². The second-order valence-electron chi connectivity index (χ2n) is 5.99. The van der Waals surface area contributed by atoms with E-state index in [1.54, 1.807) is 11.2 Å². The van der Waals surface area contributed by atoms with Gasteiger partial charge < -0.3 is 15.1 Å². The zero-order chi connectivity index (χ0) is 15.2. The molecule has 1 amide bonds. The summed E-state index contributed by atoms with van der Waals surface area (Å²) in [6.07, 6.45) is 5.12. The Labute approximate surface area is 127 Å². The maximum Gasteiger partial charge on any atom is 0.236 e. The van der Waals surface area contributed by atoms with Crippen LogP contribution in [-0.4, -0.2) is 48.4 Å². The third kappa shape index (κ3) is 4.32. The first kappa shape index (κ1) is 16.0. The minimum Gasteiger partial charge on any atom is -0.467 e. The fourth-order valence-corrected chi connectivity index (χ4v) is 3.03. The smallest absolute Gasteiger partial charge is 0.236 e. The van der Waals surface area contributed by atoms with Gasteiger partial charge in [0.05, 0.1) is 19.4 Å². The third-order valence-corrected chi connectivity index (χ3v) is 4.53. The molecule has 1 aromatic rings. The highest BCUT2D eigenvalue weighted by Crippen LogP contribution is 2.24. The third-order valence-electron chi connectivity index (χ3n) is 4.53. The van der Waals surface area contributed by atoms with Crippen LogP contribution in [0.2, 0.25) is 0 Å². The molecule has 5 nitrogen and oxygen atoms in total. The van der Waals surface area contributed by atoms with E-state index in [-0.39, 0.29) is 5.91 Å². The second-order valence-corrected chi connectivity index (χ2v) is 5.99. The second kappa shape index (κ2) is 7.61. The molecule has 21 heavy (non-hydrogen) atoms. The van der Waals surface area contributed by atoms with Crippen LogP contribution in [0.25, 0.3) is 0 Å². The maximum absolute atomic E-state index is 12.4. The van der Waals surface area contributed by atoms with E-state index in [0.717, 1.165) is 24.6 Å². The van der Waals surface area contributed by atoms with Crippen LogP contribution in [-0.2, 0) is 11.3 Å². The summed E-state index contributed by atoms with van der Waals surface area (Å²) in [4.78, 5) is 16.3. The van der Waals surface area contributed by atoms with Gasteiger partial charge >= 0.3 is 0 Å². The van der Waals surface area contributed by atoms with Crippen LogP contribution < -0.4 is 5.73 Å². The molecule has 0 aliphatic carbocycles. The van der Waals surface area contributed by atoms with Crippen molar-refractivity contribution in [3.63, 3.8) is 0 Å². The number of carbonyl (C=O) groups excluding carboxylic acids is 1. The molecule has 1 aliphatic rings. The standard InChI is InChI=1S/C16H27N3O2/c1-3-13-6-7-19(14(9-13)10-17)12-16(20)18(2)11-15-5-4-8-21-15/h4-5,8,13-14H,3,6-7,9-12,17H2,1-2H3. The Hall–Kier alpha value is -1.33. The van der Waals surface area contributed by atoms with E-state index in [1.807, 2.05) is 19.2 Å². The molecule has 0 aromatic carbocycles. The first-order valence-corrected chi connectivity index (χ1v) is 7.84. The van der Waals surface area contributed by atoms with Crippen molar-refractivity contribution in [2.45, 2.75) is 38.8 Å². The molecule has 2 unspecified atom stereocenters. The molecule has 0 saturated carbocycles. The predicted molar refractivity (Wildman–Crippen MR) is 82.6 cm³/mol. The van der Waals surface area contributed by atoms with Gasteiger partial charge in [0.15, 0.2) is 0 Å². The lowest BCUT2D eigenvalue weighted by Gasteiger charge is -2.38. The van der Waals surface area contributed by atoms with E-state index >= 15 is 0 Å². The van der Waals surface area contributed by atoms with Gasteiger partial charge in [0.25, 0.3) is 0 Å². The summed E-state index contributed by atoms with van der Waals surface area (Å²) in [6, 6.07) is 4.07. The predicted octanol–water partition coefficient (Wildman–Crippen LogP) is 1.69. The summed E-state index contributed by atoms with van der Waals surface area (Å²) in [5.41, 5.74) is 5.89. The van der Waals surface area contributed by atoms with Crippen LogP contribution in [0, 0.1) is 5.92 Å². The molecule has 2 atom stereocenters. The number of nitrogens with zero attached hydrogens (tertiary/aromatic N) is 2. The molecule has 1 fully saturated rings. The molecule has 1 aromatic heterocycles. The van der Waals surface area contributed by atoms with Gasteiger partial charge in [0.2, 0.25) is 5.91 Å². The number of piperidine rings is 1. The number of furan rings is 1. The number of likely N-dealkylation sites (tertiary alicyclic amines) is 1. The van der Waals surface area contributed by atoms with E-state index in [1.165, 1.54) is 12.8 Å². The van der Waals surface area contributed by atoms with Crippen molar-refractivity contribution in [3.05, 3.63) is 24.2 Å². The van der Waals surface area contributed by atoms with Gasteiger partial charge in [-0.05, 0) is 37.4 Å². The van der Waals surface area contributed by atoms with Crippen molar-refractivity contribution < 1.29 is 9.21 Å². The van der Waals surface area contributed by atoms with Crippen LogP contribution in [0.15, 0.2) is 22.8 Å². The molecule has 5 heteroatoms. The topological polar surface area (TPSA) is 62.7 Å². The SMILES string of the molecule is CCC1CCN(CC(=O)N(C)Cc2ccco2)C(CN)C1. The number of nitrogens with two attached hydrogens (primary N) is 1. The van der Waals surface area contributed by atoms with Gasteiger partial charge in [-0.1, -0.05) is 13.3 Å². The molecule has 2 N–H and O–H groups in total. The molecule has 1 aliphatic heterocycles. The van der Waals surface area contributed by atoms with Crippen molar-refractivity contribution in [1.29, 1.82) is 0 Å². The van der Waals surface area contributed by atoms with Crippen molar-refractivity contribution in [3.8, 4) is 0 Å². The highest BCUT2D eigenvalue weighted by Gasteiger charge is 2.28. The average molecular weight is 293 g/mol. The van der Waals surface area contributed by atoms with Crippen molar-refractivity contribution in [1.82, 2.24) is 9.80 Å². The highest BCUT2D eigenvalue weighted by atomic mass is 16.3. The molecular formula is C16H27N3O2. The number of amides is 1. The summed E-state index contributed by atoms with van der Waals surface area (Å²) in [5, 5.41) is 0. The lowest BCUT2D eigenvalue weighted by Crippen LogP contribution is -2.50. The Bertz CT molecular complexity index is 433. The summed E-state index contributed by atoms with van der Waals surface area (Å²) >= 11 is 0. The normalized spacial score (nSPS) is 23.2. The van der Waals surface area contributed by atoms with Gasteiger partial charge in [-0.25, -0.2) is 0 Å². The van der Waals surface area contributed by atoms with Gasteiger partial charge in [0.1, 0.15) is 5.76 Å². The fraction of sp³-hybridized carbons (Fsp3) is 0.688. The molecule has 0 bridgehead atoms. The zero-order valence-corrected chi connectivity index (χ0v) is 13.1. The molecule has 2 rings (SSSR count). The summed E-state index contributed by atoms with van der Waals surface area (Å²) in [6.45, 7) is 4.81. The van der Waals surface area contributed by atoms with Gasteiger partial charge in [-0.2, -0.15) is 0 Å². The van der Waals surface area contributed by atoms with Gasteiger partial charge in [-0.3, -0.25) is 9.69 Å². The summed E-state index contributed by atoms with van der Waals surface area (Å²) < 4.78 is 5.29. The number of likely N-dealkylation sites (N-methyl/N-ethyl adjacent to an activating group) is 1. The molecule has 118 valence electrons. The maximum atomic E-state index is 12.4. The molecule has 2 heterocycles. The largest absolute Gasteiger partial charge is 0.467 e. The van der Waals surface area contributed by atoms with E-state index in [9.17, 15) is 4.79 Å². The van der Waals surface area contributed by atoms with Crippen molar-refractivity contribution in [2.75, 3.05) is 26.7 Å². The minimum atomic E-state index is 0.125. The Kier molecular flexibility index (Phi) is 5.82. The van der Waals surface area contributed by atoms with Crippen LogP contribution in [0.1, 0.15) is 31.9 Å². The first-order valence-electron chi connectivity index (χ1n) is 7.84. The first-order chi connectivity index (χ1) is 10.1. The van der Waals surface area contributed by atoms with Crippen LogP contribution >= 0.6 is 0 Å². The minimum absolute atomic E-state index is 0.125. The number of carbonyl (C=O) groups is 1. The van der Waals surface area contributed by atoms with E-state index < -0.39 is 0 Å².